The molecule has 88 valence electrons. The van der Waals surface area contributed by atoms with E-state index in [0.29, 0.717) is 12.1 Å². The van der Waals surface area contributed by atoms with Crippen molar-refractivity contribution in [3.05, 3.63) is 0 Å². The molecule has 1 aliphatic carbocycles. The van der Waals surface area contributed by atoms with E-state index in [4.69, 9.17) is 4.74 Å². The predicted molar refractivity (Wildman–Crippen MR) is 59.9 cm³/mol. The molecule has 1 saturated heterocycles. The average Bonchev–Trinajstić information content (AvgIpc) is 2.31. The third-order valence-electron chi connectivity index (χ3n) is 4.09. The number of methoxy groups -OCH3 is 1. The minimum absolute atomic E-state index is 0.323. The fourth-order valence-electron chi connectivity index (χ4n) is 2.99. The first-order chi connectivity index (χ1) is 7.24. The quantitative estimate of drug-likeness (QED) is 0.729. The van der Waals surface area contributed by atoms with Crippen LogP contribution in [-0.4, -0.2) is 36.5 Å². The zero-order valence-corrected chi connectivity index (χ0v) is 9.67. The van der Waals surface area contributed by atoms with Crippen LogP contribution in [0.25, 0.3) is 0 Å². The SMILES string of the molecule is COC1CCC(O)(C2CCCCN2)CC1. The molecule has 0 radical (unpaired) electrons. The molecule has 0 bridgehead atoms. The molecule has 2 rings (SSSR count). The lowest BCUT2D eigenvalue weighted by Gasteiger charge is -2.43. The van der Waals surface area contributed by atoms with Gasteiger partial charge in [0.2, 0.25) is 0 Å². The van der Waals surface area contributed by atoms with Crippen LogP contribution in [0.1, 0.15) is 44.9 Å². The summed E-state index contributed by atoms with van der Waals surface area (Å²) in [6.45, 7) is 1.07. The van der Waals surface area contributed by atoms with Gasteiger partial charge in [0.1, 0.15) is 0 Å². The largest absolute Gasteiger partial charge is 0.388 e. The van der Waals surface area contributed by atoms with Crippen LogP contribution in [0.2, 0.25) is 0 Å². The normalized spacial score (nSPS) is 42.8. The topological polar surface area (TPSA) is 41.5 Å². The van der Waals surface area contributed by atoms with Crippen molar-refractivity contribution in [1.82, 2.24) is 5.32 Å². The number of piperidine rings is 1. The van der Waals surface area contributed by atoms with Gasteiger partial charge >= 0.3 is 0 Å². The van der Waals surface area contributed by atoms with Crippen LogP contribution in [-0.2, 0) is 4.74 Å². The summed E-state index contributed by atoms with van der Waals surface area (Å²) < 4.78 is 5.34. The summed E-state index contributed by atoms with van der Waals surface area (Å²) in [6.07, 6.45) is 7.81. The standard InChI is InChI=1S/C12H23NO2/c1-15-10-5-7-12(14,8-6-10)11-4-2-3-9-13-11/h10-11,13-14H,2-9H2,1H3. The van der Waals surface area contributed by atoms with Gasteiger partial charge < -0.3 is 15.2 Å². The number of rotatable bonds is 2. The molecule has 2 N–H and O–H groups in total. The Morgan fingerprint density at radius 3 is 2.47 bits per heavy atom. The van der Waals surface area contributed by atoms with Gasteiger partial charge in [-0.05, 0) is 45.1 Å². The Kier molecular flexibility index (Phi) is 3.65. The highest BCUT2D eigenvalue weighted by Crippen LogP contribution is 2.34. The second-order valence-corrected chi connectivity index (χ2v) is 5.04. The number of hydrogen-bond donors (Lipinski definition) is 2. The van der Waals surface area contributed by atoms with E-state index in [0.717, 1.165) is 38.6 Å². The summed E-state index contributed by atoms with van der Waals surface area (Å²) in [5, 5.41) is 14.1. The van der Waals surface area contributed by atoms with Crippen LogP contribution in [0.4, 0.5) is 0 Å². The first-order valence-corrected chi connectivity index (χ1v) is 6.23. The van der Waals surface area contributed by atoms with E-state index in [1.165, 1.54) is 12.8 Å². The Labute approximate surface area is 92.2 Å². The van der Waals surface area contributed by atoms with Crippen LogP contribution < -0.4 is 5.32 Å². The van der Waals surface area contributed by atoms with Crippen molar-refractivity contribution in [3.8, 4) is 0 Å². The zero-order chi connectivity index (χ0) is 10.7. The van der Waals surface area contributed by atoms with Crippen molar-refractivity contribution >= 4 is 0 Å². The zero-order valence-electron chi connectivity index (χ0n) is 9.67. The molecule has 1 saturated carbocycles. The Hall–Kier alpha value is -0.120. The van der Waals surface area contributed by atoms with Gasteiger partial charge in [0.25, 0.3) is 0 Å². The Morgan fingerprint density at radius 2 is 1.93 bits per heavy atom. The van der Waals surface area contributed by atoms with Crippen molar-refractivity contribution in [1.29, 1.82) is 0 Å². The maximum Gasteiger partial charge on any atom is 0.0801 e. The van der Waals surface area contributed by atoms with E-state index in [9.17, 15) is 5.11 Å². The predicted octanol–water partition coefficient (Wildman–Crippen LogP) is 1.45. The lowest BCUT2D eigenvalue weighted by molar-refractivity contribution is -0.0707. The number of hydrogen-bond acceptors (Lipinski definition) is 3. The van der Waals surface area contributed by atoms with Crippen LogP contribution in [0.5, 0.6) is 0 Å². The molecule has 0 aromatic carbocycles. The molecule has 15 heavy (non-hydrogen) atoms. The highest BCUT2D eigenvalue weighted by Gasteiger charge is 2.40. The summed E-state index contributed by atoms with van der Waals surface area (Å²) in [5.41, 5.74) is -0.463. The minimum Gasteiger partial charge on any atom is -0.388 e. The highest BCUT2D eigenvalue weighted by atomic mass is 16.5. The van der Waals surface area contributed by atoms with Gasteiger partial charge in [-0.3, -0.25) is 0 Å². The summed E-state index contributed by atoms with van der Waals surface area (Å²) in [6, 6.07) is 0.323. The van der Waals surface area contributed by atoms with Gasteiger partial charge in [-0.15, -0.1) is 0 Å². The Morgan fingerprint density at radius 1 is 1.20 bits per heavy atom. The lowest BCUT2D eigenvalue weighted by Crippen LogP contribution is -2.54. The van der Waals surface area contributed by atoms with Crippen molar-refractivity contribution in [2.45, 2.75) is 62.7 Å². The molecular weight excluding hydrogens is 190 g/mol. The summed E-state index contributed by atoms with van der Waals surface area (Å²) in [4.78, 5) is 0. The fourth-order valence-corrected chi connectivity index (χ4v) is 2.99. The number of aliphatic hydroxyl groups is 1. The van der Waals surface area contributed by atoms with Crippen molar-refractivity contribution in [3.63, 3.8) is 0 Å². The fraction of sp³-hybridized carbons (Fsp3) is 1.00. The molecule has 0 aromatic heterocycles. The van der Waals surface area contributed by atoms with Crippen molar-refractivity contribution in [2.75, 3.05) is 13.7 Å². The smallest absolute Gasteiger partial charge is 0.0801 e. The third kappa shape index (κ3) is 2.52. The van der Waals surface area contributed by atoms with Crippen LogP contribution >= 0.6 is 0 Å². The summed E-state index contributed by atoms with van der Waals surface area (Å²) >= 11 is 0. The number of nitrogens with one attached hydrogen (secondary N) is 1. The van der Waals surface area contributed by atoms with Crippen LogP contribution in [0.15, 0.2) is 0 Å². The van der Waals surface area contributed by atoms with E-state index < -0.39 is 5.60 Å². The highest BCUT2D eigenvalue weighted by molar-refractivity contribution is 4.96. The van der Waals surface area contributed by atoms with Gasteiger partial charge in [0.15, 0.2) is 0 Å². The molecule has 3 nitrogen and oxygen atoms in total. The monoisotopic (exact) mass is 213 g/mol. The Bertz CT molecular complexity index is 194. The first kappa shape index (κ1) is 11.4. The second kappa shape index (κ2) is 4.81. The first-order valence-electron chi connectivity index (χ1n) is 6.23. The lowest BCUT2D eigenvalue weighted by atomic mass is 9.76. The van der Waals surface area contributed by atoms with Crippen LogP contribution in [0, 0.1) is 0 Å². The van der Waals surface area contributed by atoms with Crippen molar-refractivity contribution in [2.24, 2.45) is 0 Å². The van der Waals surface area contributed by atoms with E-state index in [-0.39, 0.29) is 0 Å². The molecular formula is C12H23NO2. The van der Waals surface area contributed by atoms with Gasteiger partial charge in [0, 0.05) is 13.2 Å². The molecule has 0 spiro atoms. The molecule has 1 aliphatic heterocycles. The molecule has 2 fully saturated rings. The van der Waals surface area contributed by atoms with E-state index >= 15 is 0 Å². The van der Waals surface area contributed by atoms with Gasteiger partial charge in [-0.1, -0.05) is 6.42 Å². The summed E-state index contributed by atoms with van der Waals surface area (Å²) in [7, 11) is 1.77. The molecule has 0 amide bonds. The molecule has 1 atom stereocenters. The van der Waals surface area contributed by atoms with Gasteiger partial charge in [-0.25, -0.2) is 0 Å². The maximum absolute atomic E-state index is 10.6. The average molecular weight is 213 g/mol. The Balaban J connectivity index is 1.89. The van der Waals surface area contributed by atoms with Gasteiger partial charge in [-0.2, -0.15) is 0 Å². The second-order valence-electron chi connectivity index (χ2n) is 5.04. The molecule has 3 heteroatoms. The minimum atomic E-state index is -0.463. The third-order valence-corrected chi connectivity index (χ3v) is 4.09. The summed E-state index contributed by atoms with van der Waals surface area (Å²) in [5.74, 6) is 0. The molecule has 2 aliphatic rings. The van der Waals surface area contributed by atoms with E-state index in [2.05, 4.69) is 5.32 Å². The van der Waals surface area contributed by atoms with Crippen molar-refractivity contribution < 1.29 is 9.84 Å². The van der Waals surface area contributed by atoms with E-state index in [1.807, 2.05) is 0 Å². The van der Waals surface area contributed by atoms with Crippen LogP contribution in [0.3, 0.4) is 0 Å². The van der Waals surface area contributed by atoms with E-state index in [1.54, 1.807) is 7.11 Å². The van der Waals surface area contributed by atoms with Gasteiger partial charge in [0.05, 0.1) is 11.7 Å². The number of ether oxygens (including phenoxy) is 1. The maximum atomic E-state index is 10.6. The molecule has 1 heterocycles. The molecule has 0 aromatic rings. The molecule has 1 unspecified atom stereocenters.